The van der Waals surface area contributed by atoms with Crippen LogP contribution in [0.5, 0.6) is 0 Å². The van der Waals surface area contributed by atoms with Crippen molar-refractivity contribution in [3.8, 4) is 0 Å². The van der Waals surface area contributed by atoms with Crippen molar-refractivity contribution in [2.45, 2.75) is 19.3 Å². The van der Waals surface area contributed by atoms with Gasteiger partial charge >= 0.3 is 5.97 Å². The number of allylic oxidation sites excluding steroid dienone is 1. The van der Waals surface area contributed by atoms with Crippen molar-refractivity contribution < 1.29 is 14.7 Å². The average Bonchev–Trinajstić information content (AvgIpc) is 2.28. The minimum atomic E-state index is -0.942. The van der Waals surface area contributed by atoms with Crippen LogP contribution in [0, 0.1) is 0 Å². The van der Waals surface area contributed by atoms with Crippen molar-refractivity contribution in [2.75, 3.05) is 0 Å². The number of aryl methyl sites for hydroxylation is 1. The van der Waals surface area contributed by atoms with Crippen molar-refractivity contribution in [1.29, 1.82) is 0 Å². The summed E-state index contributed by atoms with van der Waals surface area (Å²) in [7, 11) is 0. The van der Waals surface area contributed by atoms with Crippen molar-refractivity contribution in [3.63, 3.8) is 0 Å². The van der Waals surface area contributed by atoms with Gasteiger partial charge in [0, 0.05) is 11.6 Å². The topological polar surface area (TPSA) is 80.4 Å². The fourth-order valence-corrected chi connectivity index (χ4v) is 1.57. The van der Waals surface area contributed by atoms with Gasteiger partial charge in [-0.05, 0) is 30.9 Å². The SMILES string of the molecule is NC(=O)c1ccccc1CCCC=CC(=O)O. The van der Waals surface area contributed by atoms with Gasteiger partial charge in [-0.1, -0.05) is 24.3 Å². The number of amides is 1. The minimum absolute atomic E-state index is 0.429. The van der Waals surface area contributed by atoms with Gasteiger partial charge in [0.1, 0.15) is 0 Å². The Hall–Kier alpha value is -2.10. The van der Waals surface area contributed by atoms with E-state index in [0.29, 0.717) is 18.4 Å². The fourth-order valence-electron chi connectivity index (χ4n) is 1.57. The maximum atomic E-state index is 11.1. The molecule has 4 nitrogen and oxygen atoms in total. The summed E-state index contributed by atoms with van der Waals surface area (Å²) in [5, 5.41) is 8.40. The number of primary amides is 1. The molecule has 1 rings (SSSR count). The number of aliphatic carboxylic acids is 1. The molecule has 0 aromatic heterocycles. The molecule has 0 atom stereocenters. The third-order valence-electron chi connectivity index (χ3n) is 2.36. The normalized spacial score (nSPS) is 10.6. The largest absolute Gasteiger partial charge is 0.478 e. The number of hydrogen-bond acceptors (Lipinski definition) is 2. The number of benzene rings is 1. The fraction of sp³-hybridized carbons (Fsp3) is 0.231. The van der Waals surface area contributed by atoms with Crippen LogP contribution in [-0.2, 0) is 11.2 Å². The van der Waals surface area contributed by atoms with Crippen molar-refractivity contribution in [2.24, 2.45) is 5.73 Å². The zero-order valence-electron chi connectivity index (χ0n) is 9.43. The first-order valence-electron chi connectivity index (χ1n) is 5.38. The first-order valence-corrected chi connectivity index (χ1v) is 5.38. The van der Waals surface area contributed by atoms with E-state index in [4.69, 9.17) is 10.8 Å². The number of carbonyl (C=O) groups excluding carboxylic acids is 1. The molecule has 1 aromatic rings. The van der Waals surface area contributed by atoms with Crippen molar-refractivity contribution in [1.82, 2.24) is 0 Å². The van der Waals surface area contributed by atoms with Gasteiger partial charge < -0.3 is 10.8 Å². The molecule has 0 unspecified atom stereocenters. The lowest BCUT2D eigenvalue weighted by Gasteiger charge is -2.04. The second kappa shape index (κ2) is 6.48. The molecule has 4 heteroatoms. The number of carbonyl (C=O) groups is 2. The summed E-state index contributed by atoms with van der Waals surface area (Å²) < 4.78 is 0. The van der Waals surface area contributed by atoms with E-state index in [1.165, 1.54) is 0 Å². The Labute approximate surface area is 99.8 Å². The summed E-state index contributed by atoms with van der Waals surface area (Å²) in [6.07, 6.45) is 4.89. The second-order valence-corrected chi connectivity index (χ2v) is 3.65. The molecule has 0 aliphatic carbocycles. The van der Waals surface area contributed by atoms with Crippen LogP contribution in [0.3, 0.4) is 0 Å². The molecule has 0 fully saturated rings. The van der Waals surface area contributed by atoms with Gasteiger partial charge in [0.15, 0.2) is 0 Å². The molecule has 1 amide bonds. The first-order chi connectivity index (χ1) is 8.11. The van der Waals surface area contributed by atoms with E-state index in [1.54, 1.807) is 18.2 Å². The third kappa shape index (κ3) is 4.51. The average molecular weight is 233 g/mol. The highest BCUT2D eigenvalue weighted by Crippen LogP contribution is 2.11. The van der Waals surface area contributed by atoms with E-state index in [2.05, 4.69) is 0 Å². The molecule has 0 aliphatic heterocycles. The van der Waals surface area contributed by atoms with Crippen LogP contribution < -0.4 is 5.73 Å². The molecule has 90 valence electrons. The summed E-state index contributed by atoms with van der Waals surface area (Å²) in [6, 6.07) is 7.19. The van der Waals surface area contributed by atoms with E-state index in [-0.39, 0.29) is 0 Å². The molecule has 0 spiro atoms. The van der Waals surface area contributed by atoms with Crippen LogP contribution in [-0.4, -0.2) is 17.0 Å². The lowest BCUT2D eigenvalue weighted by Crippen LogP contribution is -2.13. The Morgan fingerprint density at radius 1 is 1.29 bits per heavy atom. The maximum absolute atomic E-state index is 11.1. The van der Waals surface area contributed by atoms with Crippen LogP contribution in [0.1, 0.15) is 28.8 Å². The van der Waals surface area contributed by atoms with Crippen LogP contribution in [0.15, 0.2) is 36.4 Å². The number of carboxylic acids is 1. The third-order valence-corrected chi connectivity index (χ3v) is 2.36. The summed E-state index contributed by atoms with van der Waals surface area (Å²) in [5.74, 6) is -1.37. The predicted octanol–water partition coefficient (Wildman–Crippen LogP) is 1.75. The molecule has 0 saturated heterocycles. The van der Waals surface area contributed by atoms with E-state index < -0.39 is 11.9 Å². The van der Waals surface area contributed by atoms with Crippen LogP contribution in [0.2, 0.25) is 0 Å². The Morgan fingerprint density at radius 2 is 2.00 bits per heavy atom. The lowest BCUT2D eigenvalue weighted by atomic mass is 10.0. The number of hydrogen-bond donors (Lipinski definition) is 2. The van der Waals surface area contributed by atoms with Gasteiger partial charge in [0.25, 0.3) is 0 Å². The number of nitrogens with two attached hydrogens (primary N) is 1. The zero-order chi connectivity index (χ0) is 12.7. The molecule has 3 N–H and O–H groups in total. The molecular formula is C13H15NO3. The van der Waals surface area contributed by atoms with Gasteiger partial charge in [-0.15, -0.1) is 0 Å². The van der Waals surface area contributed by atoms with Crippen molar-refractivity contribution >= 4 is 11.9 Å². The highest BCUT2D eigenvalue weighted by molar-refractivity contribution is 5.94. The molecule has 0 radical (unpaired) electrons. The highest BCUT2D eigenvalue weighted by Gasteiger charge is 2.05. The quantitative estimate of drug-likeness (QED) is 0.580. The summed E-state index contributed by atoms with van der Waals surface area (Å²) in [6.45, 7) is 0. The Bertz CT molecular complexity index is 438. The smallest absolute Gasteiger partial charge is 0.327 e. The summed E-state index contributed by atoms with van der Waals surface area (Å²) >= 11 is 0. The lowest BCUT2D eigenvalue weighted by molar-refractivity contribution is -0.131. The highest BCUT2D eigenvalue weighted by atomic mass is 16.4. The predicted molar refractivity (Wildman–Crippen MR) is 64.7 cm³/mol. The minimum Gasteiger partial charge on any atom is -0.478 e. The Balaban J connectivity index is 2.52. The standard InChI is InChI=1S/C13H15NO3/c14-13(17)11-8-5-4-7-10(11)6-2-1-3-9-12(15)16/h3-5,7-9H,1-2,6H2,(H2,14,17)(H,15,16). The molecule has 17 heavy (non-hydrogen) atoms. The molecule has 1 aromatic carbocycles. The van der Waals surface area contributed by atoms with E-state index in [1.807, 2.05) is 12.1 Å². The number of unbranched alkanes of at least 4 members (excludes halogenated alkanes) is 1. The van der Waals surface area contributed by atoms with Gasteiger partial charge in [-0.3, -0.25) is 4.79 Å². The molecule has 0 bridgehead atoms. The van der Waals surface area contributed by atoms with Gasteiger partial charge in [0.2, 0.25) is 5.91 Å². The monoisotopic (exact) mass is 233 g/mol. The molecular weight excluding hydrogens is 218 g/mol. The maximum Gasteiger partial charge on any atom is 0.327 e. The Morgan fingerprint density at radius 3 is 2.65 bits per heavy atom. The van der Waals surface area contributed by atoms with E-state index in [0.717, 1.165) is 18.1 Å². The zero-order valence-corrected chi connectivity index (χ0v) is 9.43. The Kier molecular flexibility index (Phi) is 4.94. The van der Waals surface area contributed by atoms with E-state index >= 15 is 0 Å². The molecule has 0 saturated carbocycles. The first kappa shape index (κ1) is 13.0. The van der Waals surface area contributed by atoms with Crippen LogP contribution in [0.4, 0.5) is 0 Å². The van der Waals surface area contributed by atoms with Crippen molar-refractivity contribution in [3.05, 3.63) is 47.5 Å². The summed E-state index contributed by atoms with van der Waals surface area (Å²) in [5.41, 5.74) is 6.70. The number of carboxylic acid groups (broad SMARTS) is 1. The number of rotatable bonds is 6. The van der Waals surface area contributed by atoms with Crippen LogP contribution in [0.25, 0.3) is 0 Å². The van der Waals surface area contributed by atoms with Crippen LogP contribution >= 0.6 is 0 Å². The van der Waals surface area contributed by atoms with Gasteiger partial charge in [-0.25, -0.2) is 4.79 Å². The second-order valence-electron chi connectivity index (χ2n) is 3.65. The molecule has 0 heterocycles. The molecule has 0 aliphatic rings. The van der Waals surface area contributed by atoms with E-state index in [9.17, 15) is 9.59 Å². The summed E-state index contributed by atoms with van der Waals surface area (Å²) in [4.78, 5) is 21.4. The van der Waals surface area contributed by atoms with Gasteiger partial charge in [-0.2, -0.15) is 0 Å². The van der Waals surface area contributed by atoms with Gasteiger partial charge in [0.05, 0.1) is 0 Å².